The summed E-state index contributed by atoms with van der Waals surface area (Å²) < 4.78 is 15.4. The minimum atomic E-state index is -1.42. The molecule has 0 saturated carbocycles. The standard InChI is InChI=1S/C13H14O6/c1-17-13(16)10(15)8-6-2-4-19-12(6)9(14)7-3-5-18-11(7)8/h10,14-15H,2-5H2,1H3. The summed E-state index contributed by atoms with van der Waals surface area (Å²) in [5, 5.41) is 20.2. The van der Waals surface area contributed by atoms with Crippen LogP contribution in [0.1, 0.15) is 22.8 Å². The maximum atomic E-state index is 11.6. The number of ether oxygens (including phenoxy) is 3. The molecule has 1 aromatic carbocycles. The minimum Gasteiger partial charge on any atom is -0.504 e. The molecule has 2 aliphatic rings. The van der Waals surface area contributed by atoms with Gasteiger partial charge in [0.15, 0.2) is 17.6 Å². The molecule has 1 atom stereocenters. The predicted octanol–water partition coefficient (Wildman–Crippen LogP) is 0.468. The molecule has 0 radical (unpaired) electrons. The lowest BCUT2D eigenvalue weighted by Crippen LogP contribution is -2.16. The third-order valence-electron chi connectivity index (χ3n) is 3.51. The zero-order valence-corrected chi connectivity index (χ0v) is 10.4. The summed E-state index contributed by atoms with van der Waals surface area (Å²) >= 11 is 0. The fourth-order valence-corrected chi connectivity index (χ4v) is 2.64. The Balaban J connectivity index is 2.21. The number of carbonyl (C=O) groups excluding carboxylic acids is 1. The molecule has 6 heteroatoms. The Bertz CT molecular complexity index is 516. The van der Waals surface area contributed by atoms with E-state index in [0.29, 0.717) is 54.2 Å². The SMILES string of the molecule is COC(=O)C(O)c1c2c(c(O)c3c1OCC3)OCC2. The van der Waals surface area contributed by atoms with E-state index in [9.17, 15) is 15.0 Å². The van der Waals surface area contributed by atoms with E-state index < -0.39 is 12.1 Å². The molecule has 0 amide bonds. The zero-order valence-electron chi connectivity index (χ0n) is 10.4. The van der Waals surface area contributed by atoms with E-state index in [2.05, 4.69) is 4.74 Å². The lowest BCUT2D eigenvalue weighted by Gasteiger charge is -2.17. The quantitative estimate of drug-likeness (QED) is 0.757. The average Bonchev–Trinajstić information content (AvgIpc) is 3.06. The number of esters is 1. The second-order valence-corrected chi connectivity index (χ2v) is 4.50. The van der Waals surface area contributed by atoms with Gasteiger partial charge in [-0.3, -0.25) is 0 Å². The van der Waals surface area contributed by atoms with Gasteiger partial charge >= 0.3 is 5.97 Å². The van der Waals surface area contributed by atoms with Crippen molar-refractivity contribution in [1.82, 2.24) is 0 Å². The van der Waals surface area contributed by atoms with Gasteiger partial charge in [0.25, 0.3) is 0 Å². The Kier molecular flexibility index (Phi) is 2.74. The van der Waals surface area contributed by atoms with E-state index in [0.717, 1.165) is 0 Å². The molecule has 19 heavy (non-hydrogen) atoms. The summed E-state index contributed by atoms with van der Waals surface area (Å²) in [5.41, 5.74) is 1.57. The number of phenolic OH excluding ortho intramolecular Hbond substituents is 1. The Morgan fingerprint density at radius 3 is 2.53 bits per heavy atom. The van der Waals surface area contributed by atoms with Crippen LogP contribution in [0.2, 0.25) is 0 Å². The summed E-state index contributed by atoms with van der Waals surface area (Å²) in [5.74, 6) is 0.0418. The van der Waals surface area contributed by atoms with Gasteiger partial charge in [0.05, 0.1) is 20.3 Å². The summed E-state index contributed by atoms with van der Waals surface area (Å²) in [4.78, 5) is 11.6. The van der Waals surface area contributed by atoms with Crippen LogP contribution in [0.5, 0.6) is 17.2 Å². The monoisotopic (exact) mass is 266 g/mol. The van der Waals surface area contributed by atoms with Gasteiger partial charge in [-0.25, -0.2) is 4.79 Å². The van der Waals surface area contributed by atoms with Gasteiger partial charge < -0.3 is 24.4 Å². The number of hydrogen-bond donors (Lipinski definition) is 2. The summed E-state index contributed by atoms with van der Waals surface area (Å²) in [6, 6.07) is 0. The Morgan fingerprint density at radius 2 is 1.84 bits per heavy atom. The van der Waals surface area contributed by atoms with Gasteiger partial charge in [-0.2, -0.15) is 0 Å². The number of benzene rings is 1. The highest BCUT2D eigenvalue weighted by molar-refractivity contribution is 5.80. The summed E-state index contributed by atoms with van der Waals surface area (Å²) in [6.07, 6.45) is -0.380. The van der Waals surface area contributed by atoms with Gasteiger partial charge in [0.2, 0.25) is 0 Å². The first-order valence-corrected chi connectivity index (χ1v) is 6.07. The maximum Gasteiger partial charge on any atom is 0.339 e. The number of rotatable bonds is 2. The van der Waals surface area contributed by atoms with E-state index in [-0.39, 0.29) is 5.75 Å². The van der Waals surface area contributed by atoms with Crippen molar-refractivity contribution in [3.63, 3.8) is 0 Å². The number of aliphatic hydroxyl groups is 1. The van der Waals surface area contributed by atoms with Crippen LogP contribution >= 0.6 is 0 Å². The number of methoxy groups -OCH3 is 1. The molecule has 0 saturated heterocycles. The van der Waals surface area contributed by atoms with Crippen LogP contribution in [0.15, 0.2) is 0 Å². The van der Waals surface area contributed by atoms with Crippen molar-refractivity contribution in [2.45, 2.75) is 18.9 Å². The molecule has 102 valence electrons. The smallest absolute Gasteiger partial charge is 0.339 e. The van der Waals surface area contributed by atoms with Crippen molar-refractivity contribution in [3.8, 4) is 17.2 Å². The van der Waals surface area contributed by atoms with E-state index in [4.69, 9.17) is 9.47 Å². The number of phenols is 1. The van der Waals surface area contributed by atoms with Crippen LogP contribution in [0.3, 0.4) is 0 Å². The summed E-state index contributed by atoms with van der Waals surface area (Å²) in [7, 11) is 1.21. The molecule has 0 spiro atoms. The van der Waals surface area contributed by atoms with Gasteiger partial charge in [-0.1, -0.05) is 0 Å². The number of aromatic hydroxyl groups is 1. The Morgan fingerprint density at radius 1 is 1.21 bits per heavy atom. The third-order valence-corrected chi connectivity index (χ3v) is 3.51. The van der Waals surface area contributed by atoms with Crippen LogP contribution in [0, 0.1) is 0 Å². The van der Waals surface area contributed by atoms with Gasteiger partial charge in [0.1, 0.15) is 5.75 Å². The van der Waals surface area contributed by atoms with Gasteiger partial charge in [0, 0.05) is 29.5 Å². The second-order valence-electron chi connectivity index (χ2n) is 4.50. The van der Waals surface area contributed by atoms with Crippen LogP contribution in [0.25, 0.3) is 0 Å². The number of carbonyl (C=O) groups is 1. The second kappa shape index (κ2) is 4.31. The largest absolute Gasteiger partial charge is 0.504 e. The van der Waals surface area contributed by atoms with Crippen molar-refractivity contribution in [2.75, 3.05) is 20.3 Å². The highest BCUT2D eigenvalue weighted by Crippen LogP contribution is 2.50. The molecule has 2 N–H and O–H groups in total. The molecule has 2 heterocycles. The average molecular weight is 266 g/mol. The maximum absolute atomic E-state index is 11.6. The van der Waals surface area contributed by atoms with Crippen LogP contribution < -0.4 is 9.47 Å². The third kappa shape index (κ3) is 1.63. The van der Waals surface area contributed by atoms with Crippen LogP contribution in [-0.4, -0.2) is 36.5 Å². The molecule has 0 aromatic heterocycles. The normalized spacial score (nSPS) is 17.2. The van der Waals surface area contributed by atoms with Crippen LogP contribution in [0.4, 0.5) is 0 Å². The highest BCUT2D eigenvalue weighted by atomic mass is 16.5. The van der Waals surface area contributed by atoms with E-state index in [1.807, 2.05) is 0 Å². The topological polar surface area (TPSA) is 85.2 Å². The molecule has 1 aromatic rings. The number of aliphatic hydroxyl groups excluding tert-OH is 1. The lowest BCUT2D eigenvalue weighted by atomic mass is 9.94. The van der Waals surface area contributed by atoms with Crippen molar-refractivity contribution in [1.29, 1.82) is 0 Å². The van der Waals surface area contributed by atoms with Crippen molar-refractivity contribution in [2.24, 2.45) is 0 Å². The Hall–Kier alpha value is -1.95. The van der Waals surface area contributed by atoms with Gasteiger partial charge in [-0.15, -0.1) is 0 Å². The van der Waals surface area contributed by atoms with E-state index in [1.54, 1.807) is 0 Å². The fourth-order valence-electron chi connectivity index (χ4n) is 2.64. The fraction of sp³-hybridized carbons (Fsp3) is 0.462. The lowest BCUT2D eigenvalue weighted by molar-refractivity contribution is -0.150. The van der Waals surface area contributed by atoms with Gasteiger partial charge in [-0.05, 0) is 0 Å². The van der Waals surface area contributed by atoms with Crippen molar-refractivity contribution >= 4 is 5.97 Å². The zero-order chi connectivity index (χ0) is 13.6. The molecular formula is C13H14O6. The molecule has 0 fully saturated rings. The Labute approximate surface area is 109 Å². The molecule has 0 aliphatic carbocycles. The van der Waals surface area contributed by atoms with Crippen LogP contribution in [-0.2, 0) is 22.4 Å². The minimum absolute atomic E-state index is 0.0563. The molecule has 6 nitrogen and oxygen atoms in total. The molecule has 1 unspecified atom stereocenters. The molecular weight excluding hydrogens is 252 g/mol. The molecule has 2 aliphatic heterocycles. The summed E-state index contributed by atoms with van der Waals surface area (Å²) in [6.45, 7) is 0.819. The van der Waals surface area contributed by atoms with Crippen molar-refractivity contribution in [3.05, 3.63) is 16.7 Å². The van der Waals surface area contributed by atoms with E-state index in [1.165, 1.54) is 7.11 Å². The van der Waals surface area contributed by atoms with E-state index >= 15 is 0 Å². The predicted molar refractivity (Wildman–Crippen MR) is 63.5 cm³/mol. The van der Waals surface area contributed by atoms with Crippen molar-refractivity contribution < 1.29 is 29.2 Å². The number of fused-ring (bicyclic) bond motifs is 2. The highest BCUT2D eigenvalue weighted by Gasteiger charge is 2.36. The first-order valence-electron chi connectivity index (χ1n) is 6.07. The molecule has 0 bridgehead atoms. The first kappa shape index (κ1) is 12.1. The number of hydrogen-bond acceptors (Lipinski definition) is 6. The molecule has 3 rings (SSSR count). The first-order chi connectivity index (χ1) is 9.15.